The van der Waals surface area contributed by atoms with Gasteiger partial charge in [-0.1, -0.05) is 12.5 Å². The van der Waals surface area contributed by atoms with Crippen LogP contribution in [-0.4, -0.2) is 26.1 Å². The molecule has 0 radical (unpaired) electrons. The molecule has 0 bridgehead atoms. The van der Waals surface area contributed by atoms with E-state index in [9.17, 15) is 8.78 Å². The van der Waals surface area contributed by atoms with Crippen molar-refractivity contribution in [2.45, 2.75) is 32.7 Å². The Morgan fingerprint density at radius 3 is 2.81 bits per heavy atom. The lowest BCUT2D eigenvalue weighted by Crippen LogP contribution is -2.20. The highest BCUT2D eigenvalue weighted by atomic mass is 19.1. The van der Waals surface area contributed by atoms with Gasteiger partial charge in [-0.15, -0.1) is 0 Å². The van der Waals surface area contributed by atoms with Gasteiger partial charge in [-0.25, -0.2) is 13.8 Å². The second-order valence-corrected chi connectivity index (χ2v) is 6.70. The molecule has 1 fully saturated rings. The van der Waals surface area contributed by atoms with E-state index >= 15 is 0 Å². The van der Waals surface area contributed by atoms with Gasteiger partial charge in [0, 0.05) is 5.56 Å². The summed E-state index contributed by atoms with van der Waals surface area (Å²) in [6, 6.07) is 2.82. The quantitative estimate of drug-likeness (QED) is 0.757. The second kappa shape index (κ2) is 6.51. The van der Waals surface area contributed by atoms with E-state index in [0.29, 0.717) is 29.3 Å². The fourth-order valence-corrected chi connectivity index (χ4v) is 3.01. The average Bonchev–Trinajstić information content (AvgIpc) is 2.97. The molecule has 2 aromatic heterocycles. The van der Waals surface area contributed by atoms with Gasteiger partial charge in [-0.05, 0) is 37.3 Å². The lowest BCUT2D eigenvalue weighted by atomic mass is 9.86. The zero-order valence-corrected chi connectivity index (χ0v) is 14.4. The third-order valence-electron chi connectivity index (χ3n) is 4.85. The average molecular weight is 359 g/mol. The van der Waals surface area contributed by atoms with Crippen molar-refractivity contribution in [1.29, 1.82) is 0 Å². The molecule has 0 spiro atoms. The van der Waals surface area contributed by atoms with Crippen LogP contribution < -0.4 is 10.5 Å². The third kappa shape index (κ3) is 2.95. The smallest absolute Gasteiger partial charge is 0.320 e. The van der Waals surface area contributed by atoms with Gasteiger partial charge in [-0.3, -0.25) is 0 Å². The molecule has 0 unspecified atom stereocenters. The molecule has 0 amide bonds. The van der Waals surface area contributed by atoms with Crippen molar-refractivity contribution >= 4 is 17.0 Å². The van der Waals surface area contributed by atoms with Crippen LogP contribution in [-0.2, 0) is 6.54 Å². The van der Waals surface area contributed by atoms with Crippen molar-refractivity contribution in [3.05, 3.63) is 41.2 Å². The molecule has 136 valence electrons. The van der Waals surface area contributed by atoms with Crippen LogP contribution in [0.25, 0.3) is 11.2 Å². The number of fused-ring (bicyclic) bond motifs is 1. The predicted octanol–water partition coefficient (Wildman–Crippen LogP) is 3.22. The number of aryl methyl sites for hydroxylation is 1. The number of hydrogen-bond acceptors (Lipinski definition) is 5. The molecule has 0 atom stereocenters. The first-order valence-electron chi connectivity index (χ1n) is 8.57. The van der Waals surface area contributed by atoms with E-state index in [1.165, 1.54) is 24.9 Å². The molecule has 4 rings (SSSR count). The van der Waals surface area contributed by atoms with Crippen molar-refractivity contribution in [1.82, 2.24) is 19.5 Å². The molecule has 1 saturated carbocycles. The molecule has 2 N–H and O–H groups in total. The monoisotopic (exact) mass is 359 g/mol. The summed E-state index contributed by atoms with van der Waals surface area (Å²) >= 11 is 0. The van der Waals surface area contributed by atoms with Crippen LogP contribution in [0.2, 0.25) is 0 Å². The second-order valence-electron chi connectivity index (χ2n) is 6.70. The van der Waals surface area contributed by atoms with Crippen molar-refractivity contribution in [2.24, 2.45) is 5.92 Å². The highest BCUT2D eigenvalue weighted by molar-refractivity contribution is 5.82. The van der Waals surface area contributed by atoms with Gasteiger partial charge in [0.15, 0.2) is 17.0 Å². The number of aromatic nitrogens is 4. The molecular weight excluding hydrogens is 340 g/mol. The van der Waals surface area contributed by atoms with E-state index < -0.39 is 11.6 Å². The number of hydrogen-bond donors (Lipinski definition) is 1. The summed E-state index contributed by atoms with van der Waals surface area (Å²) < 4.78 is 35.6. The van der Waals surface area contributed by atoms with Gasteiger partial charge in [0.25, 0.3) is 0 Å². The van der Waals surface area contributed by atoms with E-state index in [1.807, 2.05) is 0 Å². The number of nitrogen functional groups attached to an aromatic ring is 1. The van der Waals surface area contributed by atoms with Crippen LogP contribution in [0.5, 0.6) is 6.01 Å². The molecule has 1 aliphatic carbocycles. The Morgan fingerprint density at radius 1 is 1.27 bits per heavy atom. The fourth-order valence-electron chi connectivity index (χ4n) is 3.01. The topological polar surface area (TPSA) is 78.9 Å². The lowest BCUT2D eigenvalue weighted by Gasteiger charge is -2.24. The first kappa shape index (κ1) is 16.7. The van der Waals surface area contributed by atoms with Crippen LogP contribution >= 0.6 is 0 Å². The molecule has 2 heterocycles. The highest BCUT2D eigenvalue weighted by Gasteiger charge is 2.20. The van der Waals surface area contributed by atoms with Crippen LogP contribution in [0.3, 0.4) is 0 Å². The van der Waals surface area contributed by atoms with Crippen molar-refractivity contribution in [2.75, 3.05) is 12.3 Å². The number of rotatable bonds is 5. The summed E-state index contributed by atoms with van der Waals surface area (Å²) in [6.07, 6.45) is 4.95. The number of benzene rings is 1. The van der Waals surface area contributed by atoms with E-state index in [4.69, 9.17) is 10.5 Å². The summed E-state index contributed by atoms with van der Waals surface area (Å²) in [4.78, 5) is 12.6. The maximum atomic E-state index is 14.3. The van der Waals surface area contributed by atoms with Gasteiger partial charge in [-0.2, -0.15) is 9.97 Å². The number of nitrogens with zero attached hydrogens (tertiary/aromatic N) is 4. The zero-order chi connectivity index (χ0) is 18.3. The fraction of sp³-hybridized carbons (Fsp3) is 0.389. The molecule has 0 aliphatic heterocycles. The Bertz CT molecular complexity index is 968. The number of anilines is 1. The van der Waals surface area contributed by atoms with Gasteiger partial charge in [0.1, 0.15) is 11.6 Å². The van der Waals surface area contributed by atoms with Crippen LogP contribution in [0.4, 0.5) is 14.6 Å². The molecule has 6 nitrogen and oxygen atoms in total. The number of imidazole rings is 1. The minimum absolute atomic E-state index is 0.0431. The predicted molar refractivity (Wildman–Crippen MR) is 92.8 cm³/mol. The van der Waals surface area contributed by atoms with E-state index in [2.05, 4.69) is 15.0 Å². The Hall–Kier alpha value is -2.77. The summed E-state index contributed by atoms with van der Waals surface area (Å²) in [5, 5.41) is 0. The zero-order valence-electron chi connectivity index (χ0n) is 14.4. The standard InChI is InChI=1S/C18H19F2N5O/c1-10-5-6-13(19)12(14(10)20)7-25-9-22-15-16(21)23-18(24-17(15)25)26-8-11-3-2-4-11/h5-6,9,11H,2-4,7-8H2,1H3,(H2,21,23,24). The van der Waals surface area contributed by atoms with Crippen LogP contribution in [0.1, 0.15) is 30.4 Å². The number of ether oxygens (including phenoxy) is 1. The largest absolute Gasteiger partial charge is 0.463 e. The van der Waals surface area contributed by atoms with E-state index in [0.717, 1.165) is 12.8 Å². The summed E-state index contributed by atoms with van der Waals surface area (Å²) in [7, 11) is 0. The van der Waals surface area contributed by atoms with Crippen LogP contribution in [0, 0.1) is 24.5 Å². The van der Waals surface area contributed by atoms with Crippen molar-refractivity contribution in [3.8, 4) is 6.01 Å². The first-order chi connectivity index (χ1) is 12.5. The molecule has 3 aromatic rings. The van der Waals surface area contributed by atoms with Gasteiger partial charge in [0.05, 0.1) is 19.5 Å². The Balaban J connectivity index is 1.67. The Kier molecular flexibility index (Phi) is 4.18. The summed E-state index contributed by atoms with van der Waals surface area (Å²) in [6.45, 7) is 2.09. The molecule has 0 saturated heterocycles. The Morgan fingerprint density at radius 2 is 2.08 bits per heavy atom. The third-order valence-corrected chi connectivity index (χ3v) is 4.85. The molecule has 1 aliphatic rings. The molecular formula is C18H19F2N5O. The maximum absolute atomic E-state index is 14.3. The molecule has 8 heteroatoms. The highest BCUT2D eigenvalue weighted by Crippen LogP contribution is 2.27. The first-order valence-corrected chi connectivity index (χ1v) is 8.57. The lowest BCUT2D eigenvalue weighted by molar-refractivity contribution is 0.170. The number of nitrogens with two attached hydrogens (primary N) is 1. The maximum Gasteiger partial charge on any atom is 0.320 e. The van der Waals surface area contributed by atoms with Gasteiger partial charge < -0.3 is 15.0 Å². The minimum Gasteiger partial charge on any atom is -0.463 e. The van der Waals surface area contributed by atoms with Crippen molar-refractivity contribution in [3.63, 3.8) is 0 Å². The van der Waals surface area contributed by atoms with Crippen molar-refractivity contribution < 1.29 is 13.5 Å². The SMILES string of the molecule is Cc1ccc(F)c(Cn2cnc3c(N)nc(OCC4CCC4)nc32)c1F. The van der Waals surface area contributed by atoms with Gasteiger partial charge >= 0.3 is 6.01 Å². The normalized spacial score (nSPS) is 14.6. The van der Waals surface area contributed by atoms with Gasteiger partial charge in [0.2, 0.25) is 0 Å². The van der Waals surface area contributed by atoms with E-state index in [-0.39, 0.29) is 23.9 Å². The summed E-state index contributed by atoms with van der Waals surface area (Å²) in [5.41, 5.74) is 7.06. The van der Waals surface area contributed by atoms with E-state index in [1.54, 1.807) is 11.5 Å². The number of halogens is 2. The molecule has 1 aromatic carbocycles. The van der Waals surface area contributed by atoms with Crippen LogP contribution in [0.15, 0.2) is 18.5 Å². The minimum atomic E-state index is -0.613. The molecule has 26 heavy (non-hydrogen) atoms. The summed E-state index contributed by atoms with van der Waals surface area (Å²) in [5.74, 6) is -0.479. The Labute approximate surface area is 149 Å².